The minimum atomic E-state index is -3.63. The van der Waals surface area contributed by atoms with Gasteiger partial charge in [0.05, 0.1) is 27.8 Å². The maximum absolute atomic E-state index is 12.6. The quantitative estimate of drug-likeness (QED) is 0.857. The molecule has 0 saturated heterocycles. The molecule has 0 spiro atoms. The third-order valence-corrected chi connectivity index (χ3v) is 5.28. The molecule has 2 N–H and O–H groups in total. The smallest absolute Gasteiger partial charge is 0.243 e. The lowest BCUT2D eigenvalue weighted by Crippen LogP contribution is -2.30. The Bertz CT molecular complexity index is 720. The van der Waals surface area contributed by atoms with E-state index in [1.807, 2.05) is 6.07 Å². The summed E-state index contributed by atoms with van der Waals surface area (Å²) in [6.07, 6.45) is 1.63. The first kappa shape index (κ1) is 15.8. The van der Waals surface area contributed by atoms with E-state index in [4.69, 9.17) is 17.3 Å². The standard InChI is InChI=1S/C14H16ClN3O2S/c1-2-18(10-11-5-3-4-8-17-11)21(19,20)12-6-7-13(15)14(16)9-12/h3-9H,2,10,16H2,1H3. The summed E-state index contributed by atoms with van der Waals surface area (Å²) in [6.45, 7) is 2.32. The van der Waals surface area contributed by atoms with Crippen molar-refractivity contribution < 1.29 is 8.42 Å². The summed E-state index contributed by atoms with van der Waals surface area (Å²) in [5.74, 6) is 0. The first-order valence-corrected chi connectivity index (χ1v) is 8.22. The van der Waals surface area contributed by atoms with Crippen molar-refractivity contribution >= 4 is 27.3 Å². The summed E-state index contributed by atoms with van der Waals surface area (Å²) in [5, 5.41) is 0.335. The molecule has 0 radical (unpaired) electrons. The average molecular weight is 326 g/mol. The van der Waals surface area contributed by atoms with Crippen LogP contribution in [0.25, 0.3) is 0 Å². The van der Waals surface area contributed by atoms with Gasteiger partial charge in [0.2, 0.25) is 10.0 Å². The number of sulfonamides is 1. The van der Waals surface area contributed by atoms with Crippen LogP contribution in [0.15, 0.2) is 47.5 Å². The van der Waals surface area contributed by atoms with Crippen LogP contribution < -0.4 is 5.73 Å². The maximum Gasteiger partial charge on any atom is 0.243 e. The number of pyridine rings is 1. The Morgan fingerprint density at radius 1 is 1.29 bits per heavy atom. The first-order chi connectivity index (χ1) is 9.95. The number of aromatic nitrogens is 1. The van der Waals surface area contributed by atoms with Crippen LogP contribution in [-0.2, 0) is 16.6 Å². The Kier molecular flexibility index (Phi) is 4.82. The Hall–Kier alpha value is -1.63. The van der Waals surface area contributed by atoms with E-state index in [1.165, 1.54) is 22.5 Å². The van der Waals surface area contributed by atoms with Gasteiger partial charge >= 0.3 is 0 Å². The van der Waals surface area contributed by atoms with Crippen LogP contribution in [0.2, 0.25) is 5.02 Å². The van der Waals surface area contributed by atoms with Crippen LogP contribution in [0.5, 0.6) is 0 Å². The van der Waals surface area contributed by atoms with E-state index in [-0.39, 0.29) is 17.1 Å². The van der Waals surface area contributed by atoms with Crippen molar-refractivity contribution in [1.82, 2.24) is 9.29 Å². The lowest BCUT2D eigenvalue weighted by molar-refractivity contribution is 0.419. The summed E-state index contributed by atoms with van der Waals surface area (Å²) < 4.78 is 26.6. The van der Waals surface area contributed by atoms with Crippen LogP contribution in [0.4, 0.5) is 5.69 Å². The average Bonchev–Trinajstić information content (AvgIpc) is 2.48. The largest absolute Gasteiger partial charge is 0.397 e. The molecule has 0 aliphatic carbocycles. The van der Waals surface area contributed by atoms with E-state index >= 15 is 0 Å². The third kappa shape index (κ3) is 3.53. The molecule has 112 valence electrons. The summed E-state index contributed by atoms with van der Waals surface area (Å²) in [6, 6.07) is 9.71. The van der Waals surface area contributed by atoms with Crippen molar-refractivity contribution in [3.8, 4) is 0 Å². The molecule has 21 heavy (non-hydrogen) atoms. The molecule has 0 aliphatic rings. The predicted molar refractivity (Wildman–Crippen MR) is 83.4 cm³/mol. The number of nitrogens with two attached hydrogens (primary N) is 1. The number of anilines is 1. The number of benzene rings is 1. The van der Waals surface area contributed by atoms with Crippen molar-refractivity contribution in [3.63, 3.8) is 0 Å². The van der Waals surface area contributed by atoms with E-state index in [2.05, 4.69) is 4.98 Å². The predicted octanol–water partition coefficient (Wildman–Crippen LogP) is 2.53. The van der Waals surface area contributed by atoms with E-state index in [0.717, 1.165) is 0 Å². The van der Waals surface area contributed by atoms with Gasteiger partial charge in [0.1, 0.15) is 0 Å². The van der Waals surface area contributed by atoms with Gasteiger partial charge in [0.25, 0.3) is 0 Å². The van der Waals surface area contributed by atoms with E-state index < -0.39 is 10.0 Å². The molecule has 5 nitrogen and oxygen atoms in total. The van der Waals surface area contributed by atoms with Crippen LogP contribution in [0.1, 0.15) is 12.6 Å². The molecule has 1 aromatic carbocycles. The highest BCUT2D eigenvalue weighted by atomic mass is 35.5. The van der Waals surface area contributed by atoms with Gasteiger partial charge < -0.3 is 5.73 Å². The molecule has 0 aliphatic heterocycles. The lowest BCUT2D eigenvalue weighted by atomic mass is 10.3. The zero-order valence-electron chi connectivity index (χ0n) is 11.5. The molecule has 0 saturated carbocycles. The highest BCUT2D eigenvalue weighted by Crippen LogP contribution is 2.25. The van der Waals surface area contributed by atoms with Gasteiger partial charge in [0.15, 0.2) is 0 Å². The van der Waals surface area contributed by atoms with Crippen molar-refractivity contribution in [2.45, 2.75) is 18.4 Å². The second-order valence-electron chi connectivity index (χ2n) is 4.44. The van der Waals surface area contributed by atoms with Crippen LogP contribution >= 0.6 is 11.6 Å². The molecule has 1 heterocycles. The Morgan fingerprint density at radius 3 is 2.62 bits per heavy atom. The molecule has 0 unspecified atom stereocenters. The molecule has 0 fully saturated rings. The fourth-order valence-corrected chi connectivity index (χ4v) is 3.44. The van der Waals surface area contributed by atoms with Gasteiger partial charge in [-0.15, -0.1) is 0 Å². The number of nitrogens with zero attached hydrogens (tertiary/aromatic N) is 2. The minimum absolute atomic E-state index is 0.127. The molecule has 2 aromatic rings. The number of halogens is 1. The highest BCUT2D eigenvalue weighted by Gasteiger charge is 2.24. The fraction of sp³-hybridized carbons (Fsp3) is 0.214. The van der Waals surface area contributed by atoms with E-state index in [0.29, 0.717) is 17.3 Å². The number of hydrogen-bond acceptors (Lipinski definition) is 4. The fourth-order valence-electron chi connectivity index (χ4n) is 1.87. The molecule has 7 heteroatoms. The second-order valence-corrected chi connectivity index (χ2v) is 6.78. The van der Waals surface area contributed by atoms with E-state index in [1.54, 1.807) is 25.3 Å². The Balaban J connectivity index is 2.33. The summed E-state index contributed by atoms with van der Waals surface area (Å²) in [5.41, 5.74) is 6.61. The van der Waals surface area contributed by atoms with Crippen LogP contribution in [0, 0.1) is 0 Å². The highest BCUT2D eigenvalue weighted by molar-refractivity contribution is 7.89. The molecule has 0 amide bonds. The lowest BCUT2D eigenvalue weighted by Gasteiger charge is -2.20. The topological polar surface area (TPSA) is 76.3 Å². The molecule has 1 aromatic heterocycles. The molecular weight excluding hydrogens is 310 g/mol. The second kappa shape index (κ2) is 6.43. The van der Waals surface area contributed by atoms with Gasteiger partial charge in [-0.2, -0.15) is 4.31 Å². The summed E-state index contributed by atoms with van der Waals surface area (Å²) >= 11 is 5.83. The third-order valence-electron chi connectivity index (χ3n) is 3.02. The normalized spacial score (nSPS) is 11.8. The summed E-state index contributed by atoms with van der Waals surface area (Å²) in [7, 11) is -3.63. The Morgan fingerprint density at radius 2 is 2.05 bits per heavy atom. The Labute approximate surface area is 129 Å². The summed E-state index contributed by atoms with van der Waals surface area (Å²) in [4.78, 5) is 4.28. The van der Waals surface area contributed by atoms with Crippen molar-refractivity contribution in [2.75, 3.05) is 12.3 Å². The number of nitrogen functional groups attached to an aromatic ring is 1. The van der Waals surface area contributed by atoms with Crippen molar-refractivity contribution in [3.05, 3.63) is 53.3 Å². The monoisotopic (exact) mass is 325 g/mol. The molecule has 0 atom stereocenters. The van der Waals surface area contributed by atoms with Gasteiger partial charge in [-0.3, -0.25) is 4.98 Å². The van der Waals surface area contributed by atoms with E-state index in [9.17, 15) is 8.42 Å². The first-order valence-electron chi connectivity index (χ1n) is 6.40. The zero-order valence-corrected chi connectivity index (χ0v) is 13.1. The minimum Gasteiger partial charge on any atom is -0.397 e. The SMILES string of the molecule is CCN(Cc1ccccn1)S(=O)(=O)c1ccc(Cl)c(N)c1. The zero-order chi connectivity index (χ0) is 15.5. The van der Waals surface area contributed by atoms with Crippen LogP contribution in [0.3, 0.4) is 0 Å². The molecule has 2 rings (SSSR count). The van der Waals surface area contributed by atoms with Crippen molar-refractivity contribution in [2.24, 2.45) is 0 Å². The van der Waals surface area contributed by atoms with Crippen LogP contribution in [-0.4, -0.2) is 24.3 Å². The maximum atomic E-state index is 12.6. The molecule has 0 bridgehead atoms. The number of hydrogen-bond donors (Lipinski definition) is 1. The number of rotatable bonds is 5. The van der Waals surface area contributed by atoms with Crippen molar-refractivity contribution in [1.29, 1.82) is 0 Å². The van der Waals surface area contributed by atoms with Gasteiger partial charge in [-0.1, -0.05) is 24.6 Å². The molecular formula is C14H16ClN3O2S. The van der Waals surface area contributed by atoms with Gasteiger partial charge in [-0.25, -0.2) is 8.42 Å². The van der Waals surface area contributed by atoms with Gasteiger partial charge in [0, 0.05) is 12.7 Å². The van der Waals surface area contributed by atoms with Gasteiger partial charge in [-0.05, 0) is 30.3 Å².